The van der Waals surface area contributed by atoms with Crippen molar-refractivity contribution < 1.29 is 14.3 Å². The summed E-state index contributed by atoms with van der Waals surface area (Å²) in [7, 11) is 1.63. The normalized spacial score (nSPS) is 19.4. The van der Waals surface area contributed by atoms with E-state index in [-0.39, 0.29) is 23.6 Å². The first-order chi connectivity index (χ1) is 12.6. The lowest BCUT2D eigenvalue weighted by molar-refractivity contribution is -0.0135. The first-order valence-corrected chi connectivity index (χ1v) is 8.29. The second-order valence-corrected chi connectivity index (χ2v) is 6.10. The highest BCUT2D eigenvalue weighted by molar-refractivity contribution is 5.94. The molecular formula is C19H19N3O4. The third kappa shape index (κ3) is 4.10. The largest absolute Gasteiger partial charge is 0.486 e. The van der Waals surface area contributed by atoms with Crippen LogP contribution in [0.5, 0.6) is 5.75 Å². The fraction of sp³-hybridized carbons (Fsp3) is 0.316. The third-order valence-electron chi connectivity index (χ3n) is 4.26. The zero-order chi connectivity index (χ0) is 18.5. The number of aryl methyl sites for hydroxylation is 1. The molecule has 0 bridgehead atoms. The molecule has 2 heterocycles. The molecule has 0 radical (unpaired) electrons. The Morgan fingerprint density at radius 3 is 2.81 bits per heavy atom. The SMILES string of the molecule is Cn1ccc(C(=O)N[C@@H]2CCOC[C@H]2Oc2ccc(C#N)cc2)cc1=O. The van der Waals surface area contributed by atoms with E-state index < -0.39 is 0 Å². The van der Waals surface area contributed by atoms with Crippen molar-refractivity contribution in [3.8, 4) is 11.8 Å². The van der Waals surface area contributed by atoms with Gasteiger partial charge >= 0.3 is 0 Å². The monoisotopic (exact) mass is 353 g/mol. The van der Waals surface area contributed by atoms with Gasteiger partial charge < -0.3 is 19.4 Å². The van der Waals surface area contributed by atoms with E-state index in [9.17, 15) is 9.59 Å². The molecule has 0 aliphatic carbocycles. The van der Waals surface area contributed by atoms with Gasteiger partial charge in [-0.25, -0.2) is 0 Å². The van der Waals surface area contributed by atoms with Gasteiger partial charge in [0.2, 0.25) is 0 Å². The first-order valence-electron chi connectivity index (χ1n) is 8.29. The van der Waals surface area contributed by atoms with Crippen LogP contribution in [0, 0.1) is 11.3 Å². The molecule has 1 fully saturated rings. The van der Waals surface area contributed by atoms with Crippen molar-refractivity contribution >= 4 is 5.91 Å². The lowest BCUT2D eigenvalue weighted by atomic mass is 10.1. The van der Waals surface area contributed by atoms with Gasteiger partial charge in [-0.15, -0.1) is 0 Å². The smallest absolute Gasteiger partial charge is 0.251 e. The molecule has 1 aliphatic heterocycles. The third-order valence-corrected chi connectivity index (χ3v) is 4.26. The van der Waals surface area contributed by atoms with Gasteiger partial charge in [0, 0.05) is 31.5 Å². The minimum absolute atomic E-state index is 0.240. The van der Waals surface area contributed by atoms with Crippen molar-refractivity contribution in [1.82, 2.24) is 9.88 Å². The van der Waals surface area contributed by atoms with Gasteiger partial charge in [-0.1, -0.05) is 0 Å². The standard InChI is InChI=1S/C19H19N3O4/c1-22-8-6-14(10-18(22)23)19(24)21-16-7-9-25-12-17(16)26-15-4-2-13(11-20)3-5-15/h2-6,8,10,16-17H,7,9,12H2,1H3,(H,21,24)/t16-,17-/m1/s1. The number of benzene rings is 1. The minimum atomic E-state index is -0.354. The van der Waals surface area contributed by atoms with Crippen LogP contribution in [-0.2, 0) is 11.8 Å². The van der Waals surface area contributed by atoms with Crippen molar-refractivity contribution in [2.45, 2.75) is 18.6 Å². The van der Waals surface area contributed by atoms with Crippen molar-refractivity contribution in [2.24, 2.45) is 7.05 Å². The number of hydrogen-bond acceptors (Lipinski definition) is 5. The molecule has 26 heavy (non-hydrogen) atoms. The molecule has 1 amide bonds. The summed E-state index contributed by atoms with van der Waals surface area (Å²) in [6.45, 7) is 0.871. The van der Waals surface area contributed by atoms with E-state index in [1.807, 2.05) is 0 Å². The molecule has 0 unspecified atom stereocenters. The van der Waals surface area contributed by atoms with E-state index in [1.165, 1.54) is 10.6 Å². The number of carbonyl (C=O) groups is 1. The van der Waals surface area contributed by atoms with Crippen molar-refractivity contribution in [3.05, 3.63) is 64.1 Å². The average Bonchev–Trinajstić information content (AvgIpc) is 2.66. The van der Waals surface area contributed by atoms with Gasteiger partial charge in [0.05, 0.1) is 24.3 Å². The lowest BCUT2D eigenvalue weighted by Crippen LogP contribution is -2.51. The Hall–Kier alpha value is -3.11. The van der Waals surface area contributed by atoms with Gasteiger partial charge in [-0.3, -0.25) is 9.59 Å². The summed E-state index contributed by atoms with van der Waals surface area (Å²) in [6, 6.07) is 11.5. The van der Waals surface area contributed by atoms with Crippen LogP contribution in [0.25, 0.3) is 0 Å². The summed E-state index contributed by atoms with van der Waals surface area (Å²) in [4.78, 5) is 24.2. The molecule has 3 rings (SSSR count). The van der Waals surface area contributed by atoms with E-state index >= 15 is 0 Å². The van der Waals surface area contributed by atoms with Crippen molar-refractivity contribution in [1.29, 1.82) is 5.26 Å². The van der Waals surface area contributed by atoms with Crippen LogP contribution in [-0.4, -0.2) is 35.8 Å². The van der Waals surface area contributed by atoms with E-state index in [2.05, 4.69) is 11.4 Å². The number of aromatic nitrogens is 1. The van der Waals surface area contributed by atoms with Gasteiger partial charge in [-0.2, -0.15) is 5.26 Å². The number of nitriles is 1. The fourth-order valence-corrected chi connectivity index (χ4v) is 2.72. The van der Waals surface area contributed by atoms with Crippen LogP contribution in [0.2, 0.25) is 0 Å². The molecule has 0 spiro atoms. The molecule has 1 aromatic carbocycles. The molecule has 1 saturated heterocycles. The molecule has 1 aliphatic rings. The predicted molar refractivity (Wildman–Crippen MR) is 93.9 cm³/mol. The number of nitrogens with zero attached hydrogens (tertiary/aromatic N) is 2. The van der Waals surface area contributed by atoms with Crippen LogP contribution < -0.4 is 15.6 Å². The van der Waals surface area contributed by atoms with Crippen LogP contribution in [0.4, 0.5) is 0 Å². The Kier molecular flexibility index (Phi) is 5.34. The van der Waals surface area contributed by atoms with Crippen LogP contribution in [0.15, 0.2) is 47.4 Å². The summed E-state index contributed by atoms with van der Waals surface area (Å²) in [5, 5.41) is 11.8. The lowest BCUT2D eigenvalue weighted by Gasteiger charge is -2.32. The Labute approximate surface area is 150 Å². The summed E-state index contributed by atoms with van der Waals surface area (Å²) < 4.78 is 12.8. The number of ether oxygens (including phenoxy) is 2. The molecule has 2 atom stereocenters. The number of rotatable bonds is 4. The van der Waals surface area contributed by atoms with Gasteiger partial charge in [0.1, 0.15) is 11.9 Å². The van der Waals surface area contributed by atoms with Crippen LogP contribution >= 0.6 is 0 Å². The van der Waals surface area contributed by atoms with Crippen molar-refractivity contribution in [3.63, 3.8) is 0 Å². The second kappa shape index (κ2) is 7.85. The fourth-order valence-electron chi connectivity index (χ4n) is 2.72. The molecule has 2 aromatic rings. The number of amides is 1. The minimum Gasteiger partial charge on any atom is -0.486 e. The second-order valence-electron chi connectivity index (χ2n) is 6.10. The average molecular weight is 353 g/mol. The maximum atomic E-state index is 12.5. The Bertz CT molecular complexity index is 883. The number of pyridine rings is 1. The Balaban J connectivity index is 1.69. The highest BCUT2D eigenvalue weighted by Crippen LogP contribution is 2.18. The molecule has 7 nitrogen and oxygen atoms in total. The van der Waals surface area contributed by atoms with E-state index in [0.29, 0.717) is 36.5 Å². The quantitative estimate of drug-likeness (QED) is 0.892. The predicted octanol–water partition coefficient (Wildman–Crippen LogP) is 1.22. The highest BCUT2D eigenvalue weighted by Gasteiger charge is 2.29. The Morgan fingerprint density at radius 1 is 1.35 bits per heavy atom. The summed E-state index contributed by atoms with van der Waals surface area (Å²) >= 11 is 0. The number of nitrogens with one attached hydrogen (secondary N) is 1. The van der Waals surface area contributed by atoms with Gasteiger partial charge in [-0.05, 0) is 36.8 Å². The number of hydrogen-bond donors (Lipinski definition) is 1. The zero-order valence-corrected chi connectivity index (χ0v) is 14.3. The van der Waals surface area contributed by atoms with Crippen LogP contribution in [0.3, 0.4) is 0 Å². The molecule has 7 heteroatoms. The van der Waals surface area contributed by atoms with Gasteiger partial charge in [0.25, 0.3) is 11.5 Å². The molecular weight excluding hydrogens is 334 g/mol. The van der Waals surface area contributed by atoms with Crippen molar-refractivity contribution in [2.75, 3.05) is 13.2 Å². The summed E-state index contributed by atoms with van der Waals surface area (Å²) in [6.07, 6.45) is 1.82. The van der Waals surface area contributed by atoms with E-state index in [1.54, 1.807) is 43.6 Å². The zero-order valence-electron chi connectivity index (χ0n) is 14.3. The Morgan fingerprint density at radius 2 is 2.12 bits per heavy atom. The maximum Gasteiger partial charge on any atom is 0.251 e. The first kappa shape index (κ1) is 17.7. The maximum absolute atomic E-state index is 12.5. The van der Waals surface area contributed by atoms with E-state index in [4.69, 9.17) is 14.7 Å². The highest BCUT2D eigenvalue weighted by atomic mass is 16.5. The summed E-state index contributed by atoms with van der Waals surface area (Å²) in [5.41, 5.74) is 0.625. The molecule has 134 valence electrons. The number of carbonyl (C=O) groups excluding carboxylic acids is 1. The molecule has 0 saturated carbocycles. The van der Waals surface area contributed by atoms with Crippen LogP contribution in [0.1, 0.15) is 22.3 Å². The topological polar surface area (TPSA) is 93.3 Å². The van der Waals surface area contributed by atoms with Gasteiger partial charge in [0.15, 0.2) is 0 Å². The van der Waals surface area contributed by atoms with E-state index in [0.717, 1.165) is 0 Å². The molecule has 1 N–H and O–H groups in total. The molecule has 1 aromatic heterocycles. The summed E-state index contributed by atoms with van der Waals surface area (Å²) in [5.74, 6) is 0.287.